The summed E-state index contributed by atoms with van der Waals surface area (Å²) in [6.07, 6.45) is -0.338. The summed E-state index contributed by atoms with van der Waals surface area (Å²) in [5.74, 6) is 0.712. The SMILES string of the molecule is COc1cccc(N(C)CCOC(C)C)c1[C@@H](C)O. The molecular formula is C15H25NO3. The molecule has 0 bridgehead atoms. The van der Waals surface area contributed by atoms with E-state index in [2.05, 4.69) is 4.90 Å². The number of ether oxygens (including phenoxy) is 2. The Hall–Kier alpha value is -1.26. The van der Waals surface area contributed by atoms with E-state index in [1.54, 1.807) is 14.0 Å². The van der Waals surface area contributed by atoms with Crippen LogP contribution in [0.1, 0.15) is 32.4 Å². The molecular weight excluding hydrogens is 242 g/mol. The lowest BCUT2D eigenvalue weighted by Gasteiger charge is -2.25. The van der Waals surface area contributed by atoms with Crippen LogP contribution < -0.4 is 9.64 Å². The highest BCUT2D eigenvalue weighted by atomic mass is 16.5. The van der Waals surface area contributed by atoms with Crippen molar-refractivity contribution in [1.82, 2.24) is 0 Å². The summed E-state index contributed by atoms with van der Waals surface area (Å²) in [5, 5.41) is 9.94. The first-order chi connectivity index (χ1) is 8.97. The molecule has 0 saturated carbocycles. The number of methoxy groups -OCH3 is 1. The summed E-state index contributed by atoms with van der Waals surface area (Å²) in [6, 6.07) is 5.78. The Morgan fingerprint density at radius 2 is 1.95 bits per heavy atom. The fourth-order valence-corrected chi connectivity index (χ4v) is 2.01. The summed E-state index contributed by atoms with van der Waals surface area (Å²) in [4.78, 5) is 2.08. The summed E-state index contributed by atoms with van der Waals surface area (Å²) in [7, 11) is 3.61. The Morgan fingerprint density at radius 1 is 1.26 bits per heavy atom. The molecule has 0 amide bonds. The topological polar surface area (TPSA) is 41.9 Å². The number of aliphatic hydroxyl groups excluding tert-OH is 1. The molecule has 0 heterocycles. The standard InChI is InChI=1S/C15H25NO3/c1-11(2)19-10-9-16(4)13-7-6-8-14(18-5)15(13)12(3)17/h6-8,11-12,17H,9-10H2,1-5H3/t12-/m1/s1. The average Bonchev–Trinajstić information content (AvgIpc) is 2.36. The first-order valence-electron chi connectivity index (χ1n) is 6.65. The van der Waals surface area contributed by atoms with Gasteiger partial charge >= 0.3 is 0 Å². The van der Waals surface area contributed by atoms with Crippen LogP contribution in [0.15, 0.2) is 18.2 Å². The molecule has 0 aliphatic heterocycles. The molecule has 0 fully saturated rings. The van der Waals surface area contributed by atoms with Gasteiger partial charge in [-0.25, -0.2) is 0 Å². The van der Waals surface area contributed by atoms with E-state index in [9.17, 15) is 5.11 Å². The van der Waals surface area contributed by atoms with Crippen molar-refractivity contribution >= 4 is 5.69 Å². The molecule has 4 heteroatoms. The smallest absolute Gasteiger partial charge is 0.126 e. The average molecular weight is 267 g/mol. The van der Waals surface area contributed by atoms with Crippen LogP contribution in [0.5, 0.6) is 5.75 Å². The molecule has 1 aromatic carbocycles. The van der Waals surface area contributed by atoms with Gasteiger partial charge in [0.15, 0.2) is 0 Å². The predicted octanol–water partition coefficient (Wildman–Crippen LogP) is 2.61. The van der Waals surface area contributed by atoms with Crippen LogP contribution >= 0.6 is 0 Å². The highest BCUT2D eigenvalue weighted by molar-refractivity contribution is 5.60. The maximum Gasteiger partial charge on any atom is 0.126 e. The minimum atomic E-state index is -0.570. The zero-order valence-corrected chi connectivity index (χ0v) is 12.5. The van der Waals surface area contributed by atoms with Gasteiger partial charge in [-0.15, -0.1) is 0 Å². The van der Waals surface area contributed by atoms with Gasteiger partial charge in [0, 0.05) is 24.8 Å². The van der Waals surface area contributed by atoms with E-state index in [0.717, 1.165) is 17.8 Å². The number of rotatable bonds is 7. The van der Waals surface area contributed by atoms with Crippen molar-refractivity contribution in [2.75, 3.05) is 32.2 Å². The number of aliphatic hydroxyl groups is 1. The Balaban J connectivity index is 2.86. The molecule has 0 aromatic heterocycles. The van der Waals surface area contributed by atoms with Crippen LogP contribution in [-0.4, -0.2) is 38.5 Å². The summed E-state index contributed by atoms with van der Waals surface area (Å²) < 4.78 is 10.9. The van der Waals surface area contributed by atoms with Gasteiger partial charge in [-0.05, 0) is 32.9 Å². The lowest BCUT2D eigenvalue weighted by Crippen LogP contribution is -2.25. The van der Waals surface area contributed by atoms with E-state index in [-0.39, 0.29) is 6.10 Å². The van der Waals surface area contributed by atoms with Gasteiger partial charge in [-0.1, -0.05) is 6.07 Å². The Bertz CT molecular complexity index is 391. The largest absolute Gasteiger partial charge is 0.496 e. The molecule has 0 spiro atoms. The van der Waals surface area contributed by atoms with Crippen molar-refractivity contribution in [1.29, 1.82) is 0 Å². The molecule has 19 heavy (non-hydrogen) atoms. The van der Waals surface area contributed by atoms with E-state index in [1.807, 2.05) is 39.1 Å². The van der Waals surface area contributed by atoms with Crippen LogP contribution in [0.2, 0.25) is 0 Å². The van der Waals surface area contributed by atoms with Gasteiger partial charge in [-0.3, -0.25) is 0 Å². The number of nitrogens with zero attached hydrogens (tertiary/aromatic N) is 1. The minimum Gasteiger partial charge on any atom is -0.496 e. The zero-order valence-electron chi connectivity index (χ0n) is 12.5. The van der Waals surface area contributed by atoms with Gasteiger partial charge in [-0.2, -0.15) is 0 Å². The third-order valence-electron chi connectivity index (χ3n) is 2.97. The van der Waals surface area contributed by atoms with E-state index in [1.165, 1.54) is 0 Å². The van der Waals surface area contributed by atoms with Gasteiger partial charge in [0.1, 0.15) is 5.75 Å². The number of anilines is 1. The van der Waals surface area contributed by atoms with E-state index >= 15 is 0 Å². The molecule has 0 unspecified atom stereocenters. The van der Waals surface area contributed by atoms with Crippen LogP contribution in [0.3, 0.4) is 0 Å². The number of likely N-dealkylation sites (N-methyl/N-ethyl adjacent to an activating group) is 1. The summed E-state index contributed by atoms with van der Waals surface area (Å²) in [6.45, 7) is 7.22. The number of benzene rings is 1. The maximum atomic E-state index is 9.94. The Labute approximate surface area is 115 Å². The monoisotopic (exact) mass is 267 g/mol. The summed E-state index contributed by atoms with van der Waals surface area (Å²) in [5.41, 5.74) is 1.79. The first-order valence-corrected chi connectivity index (χ1v) is 6.65. The van der Waals surface area contributed by atoms with Crippen LogP contribution in [0, 0.1) is 0 Å². The highest BCUT2D eigenvalue weighted by Crippen LogP contribution is 2.33. The Morgan fingerprint density at radius 3 is 2.47 bits per heavy atom. The molecule has 1 N–H and O–H groups in total. The van der Waals surface area contributed by atoms with Gasteiger partial charge in [0.25, 0.3) is 0 Å². The number of hydrogen-bond acceptors (Lipinski definition) is 4. The van der Waals surface area contributed by atoms with Crippen LogP contribution in [0.4, 0.5) is 5.69 Å². The highest BCUT2D eigenvalue weighted by Gasteiger charge is 2.16. The summed E-state index contributed by atoms with van der Waals surface area (Å²) >= 11 is 0. The van der Waals surface area contributed by atoms with Crippen LogP contribution in [0.25, 0.3) is 0 Å². The second-order valence-electron chi connectivity index (χ2n) is 4.91. The molecule has 0 aliphatic carbocycles. The minimum absolute atomic E-state index is 0.231. The molecule has 0 aliphatic rings. The quantitative estimate of drug-likeness (QED) is 0.824. The van der Waals surface area contributed by atoms with Crippen molar-refractivity contribution in [2.24, 2.45) is 0 Å². The molecule has 108 valence electrons. The van der Waals surface area contributed by atoms with Crippen molar-refractivity contribution < 1.29 is 14.6 Å². The van der Waals surface area contributed by atoms with Crippen LogP contribution in [-0.2, 0) is 4.74 Å². The molecule has 1 rings (SSSR count). The molecule has 0 radical (unpaired) electrons. The van der Waals surface area contributed by atoms with Gasteiger partial charge < -0.3 is 19.5 Å². The third-order valence-corrected chi connectivity index (χ3v) is 2.97. The normalized spacial score (nSPS) is 12.6. The maximum absolute atomic E-state index is 9.94. The second kappa shape index (κ2) is 7.36. The molecule has 1 aromatic rings. The third kappa shape index (κ3) is 4.40. The molecule has 1 atom stereocenters. The molecule has 4 nitrogen and oxygen atoms in total. The predicted molar refractivity (Wildman–Crippen MR) is 78.0 cm³/mol. The van der Waals surface area contributed by atoms with E-state index in [0.29, 0.717) is 12.4 Å². The van der Waals surface area contributed by atoms with Crippen molar-refractivity contribution in [3.8, 4) is 5.75 Å². The Kier molecular flexibility index (Phi) is 6.12. The van der Waals surface area contributed by atoms with Crippen molar-refractivity contribution in [2.45, 2.75) is 33.0 Å². The lowest BCUT2D eigenvalue weighted by atomic mass is 10.1. The van der Waals surface area contributed by atoms with E-state index < -0.39 is 6.10 Å². The van der Waals surface area contributed by atoms with E-state index in [4.69, 9.17) is 9.47 Å². The zero-order chi connectivity index (χ0) is 14.4. The van der Waals surface area contributed by atoms with Crippen molar-refractivity contribution in [3.63, 3.8) is 0 Å². The van der Waals surface area contributed by atoms with Gasteiger partial charge in [0.05, 0.1) is 25.9 Å². The van der Waals surface area contributed by atoms with Crippen molar-refractivity contribution in [3.05, 3.63) is 23.8 Å². The number of hydrogen-bond donors (Lipinski definition) is 1. The second-order valence-corrected chi connectivity index (χ2v) is 4.91. The fourth-order valence-electron chi connectivity index (χ4n) is 2.01. The van der Waals surface area contributed by atoms with Gasteiger partial charge in [0.2, 0.25) is 0 Å². The molecule has 0 saturated heterocycles. The fraction of sp³-hybridized carbons (Fsp3) is 0.600. The lowest BCUT2D eigenvalue weighted by molar-refractivity contribution is 0.0845. The first kappa shape index (κ1) is 15.8.